The Morgan fingerprint density at radius 1 is 1.33 bits per heavy atom. The predicted molar refractivity (Wildman–Crippen MR) is 77.4 cm³/mol. The molecule has 0 aliphatic rings. The smallest absolute Gasteiger partial charge is 0.125 e. The molecule has 2 nitrogen and oxygen atoms in total. The number of hydrogen-bond donors (Lipinski definition) is 0. The molecule has 0 saturated carbocycles. The van der Waals surface area contributed by atoms with E-state index in [2.05, 4.69) is 39.4 Å². The summed E-state index contributed by atoms with van der Waals surface area (Å²) in [4.78, 5) is 4.60. The van der Waals surface area contributed by atoms with E-state index in [1.54, 1.807) is 11.3 Å². The molecule has 2 heterocycles. The molecule has 3 rings (SSSR count). The highest BCUT2D eigenvalue weighted by Gasteiger charge is 2.16. The van der Waals surface area contributed by atoms with Crippen molar-refractivity contribution in [3.63, 3.8) is 0 Å². The van der Waals surface area contributed by atoms with Crippen LogP contribution in [-0.4, -0.2) is 9.55 Å². The molecule has 0 radical (unpaired) electrons. The second kappa shape index (κ2) is 4.75. The lowest BCUT2D eigenvalue weighted by Crippen LogP contribution is -2.09. The van der Waals surface area contributed by atoms with Crippen LogP contribution in [0.1, 0.15) is 24.4 Å². The van der Waals surface area contributed by atoms with Gasteiger partial charge in [-0.3, -0.25) is 0 Å². The lowest BCUT2D eigenvalue weighted by molar-refractivity contribution is 0.636. The Labute approximate surface area is 115 Å². The van der Waals surface area contributed by atoms with Gasteiger partial charge >= 0.3 is 0 Å². The molecule has 0 saturated heterocycles. The van der Waals surface area contributed by atoms with Crippen LogP contribution in [0.3, 0.4) is 0 Å². The van der Waals surface area contributed by atoms with Gasteiger partial charge in [0.25, 0.3) is 0 Å². The molecular weight excluding hydrogens is 264 g/mol. The van der Waals surface area contributed by atoms with Gasteiger partial charge in [0, 0.05) is 0 Å². The van der Waals surface area contributed by atoms with Gasteiger partial charge in [0.05, 0.1) is 23.0 Å². The van der Waals surface area contributed by atoms with Gasteiger partial charge in [-0.15, -0.1) is 11.6 Å². The molecule has 2 aromatic heterocycles. The summed E-state index contributed by atoms with van der Waals surface area (Å²) >= 11 is 7.75. The van der Waals surface area contributed by atoms with Gasteiger partial charge in [-0.1, -0.05) is 12.1 Å². The zero-order valence-electron chi connectivity index (χ0n) is 10.0. The first kappa shape index (κ1) is 11.8. The van der Waals surface area contributed by atoms with Crippen molar-refractivity contribution in [1.82, 2.24) is 9.55 Å². The van der Waals surface area contributed by atoms with Crippen LogP contribution in [0.5, 0.6) is 0 Å². The van der Waals surface area contributed by atoms with E-state index >= 15 is 0 Å². The van der Waals surface area contributed by atoms with Gasteiger partial charge in [0.2, 0.25) is 0 Å². The molecule has 0 amide bonds. The zero-order valence-corrected chi connectivity index (χ0v) is 11.6. The maximum Gasteiger partial charge on any atom is 0.125 e. The molecule has 4 heteroatoms. The van der Waals surface area contributed by atoms with Crippen molar-refractivity contribution in [2.75, 3.05) is 0 Å². The zero-order chi connectivity index (χ0) is 12.5. The number of nitrogens with zero attached hydrogens (tertiary/aromatic N) is 2. The van der Waals surface area contributed by atoms with Gasteiger partial charge in [-0.25, -0.2) is 4.98 Å². The fraction of sp³-hybridized carbons (Fsp3) is 0.214. The number of rotatable bonds is 3. The molecule has 92 valence electrons. The van der Waals surface area contributed by atoms with E-state index in [9.17, 15) is 0 Å². The molecule has 0 fully saturated rings. The minimum atomic E-state index is 0.261. The lowest BCUT2D eigenvalue weighted by Gasteiger charge is -2.15. The van der Waals surface area contributed by atoms with Crippen molar-refractivity contribution in [1.29, 1.82) is 0 Å². The summed E-state index contributed by atoms with van der Waals surface area (Å²) < 4.78 is 2.23. The summed E-state index contributed by atoms with van der Waals surface area (Å²) in [7, 11) is 0. The van der Waals surface area contributed by atoms with Gasteiger partial charge in [0.15, 0.2) is 0 Å². The molecule has 0 spiro atoms. The highest BCUT2D eigenvalue weighted by molar-refractivity contribution is 7.07. The van der Waals surface area contributed by atoms with Crippen LogP contribution in [0.4, 0.5) is 0 Å². The number of alkyl halides is 1. The Morgan fingerprint density at radius 2 is 2.17 bits per heavy atom. The topological polar surface area (TPSA) is 17.8 Å². The van der Waals surface area contributed by atoms with E-state index in [1.165, 1.54) is 5.56 Å². The fourth-order valence-electron chi connectivity index (χ4n) is 2.28. The van der Waals surface area contributed by atoms with E-state index in [1.807, 2.05) is 18.2 Å². The molecule has 0 aliphatic carbocycles. The first-order valence-electron chi connectivity index (χ1n) is 5.85. The first-order chi connectivity index (χ1) is 8.81. The summed E-state index contributed by atoms with van der Waals surface area (Å²) in [5, 5.41) is 4.28. The normalized spacial score (nSPS) is 13.0. The van der Waals surface area contributed by atoms with E-state index in [0.717, 1.165) is 16.9 Å². The number of hydrogen-bond acceptors (Lipinski definition) is 2. The summed E-state index contributed by atoms with van der Waals surface area (Å²) in [6.07, 6.45) is 0. The number of benzene rings is 1. The Morgan fingerprint density at radius 3 is 2.89 bits per heavy atom. The maximum atomic E-state index is 6.03. The minimum absolute atomic E-state index is 0.261. The van der Waals surface area contributed by atoms with Crippen molar-refractivity contribution in [3.05, 3.63) is 52.5 Å². The van der Waals surface area contributed by atoms with Crippen LogP contribution in [0.25, 0.3) is 11.0 Å². The monoisotopic (exact) mass is 276 g/mol. The number of thiophene rings is 1. The van der Waals surface area contributed by atoms with Crippen LogP contribution in [-0.2, 0) is 5.88 Å². The van der Waals surface area contributed by atoms with Crippen LogP contribution < -0.4 is 0 Å². The second-order valence-electron chi connectivity index (χ2n) is 4.25. The van der Waals surface area contributed by atoms with Crippen LogP contribution in [0, 0.1) is 0 Å². The lowest BCUT2D eigenvalue weighted by atomic mass is 10.1. The SMILES string of the molecule is CC(c1ccsc1)n1c(CCl)nc2ccccc21. The largest absolute Gasteiger partial charge is 0.320 e. The highest BCUT2D eigenvalue weighted by atomic mass is 35.5. The second-order valence-corrected chi connectivity index (χ2v) is 5.30. The maximum absolute atomic E-state index is 6.03. The molecule has 1 atom stereocenters. The van der Waals surface area contributed by atoms with E-state index in [4.69, 9.17) is 11.6 Å². The quantitative estimate of drug-likeness (QED) is 0.647. The Balaban J connectivity index is 2.20. The summed E-state index contributed by atoms with van der Waals surface area (Å²) in [5.74, 6) is 1.36. The third-order valence-corrected chi connectivity index (χ3v) is 4.14. The molecule has 0 bridgehead atoms. The Hall–Kier alpha value is -1.32. The van der Waals surface area contributed by atoms with E-state index < -0.39 is 0 Å². The van der Waals surface area contributed by atoms with Gasteiger partial charge in [-0.05, 0) is 41.4 Å². The minimum Gasteiger partial charge on any atom is -0.320 e. The Bertz CT molecular complexity index is 658. The van der Waals surface area contributed by atoms with E-state index in [0.29, 0.717) is 5.88 Å². The number of aromatic nitrogens is 2. The molecule has 0 N–H and O–H groups in total. The molecule has 0 aliphatic heterocycles. The fourth-order valence-corrected chi connectivity index (χ4v) is 3.22. The first-order valence-corrected chi connectivity index (χ1v) is 7.33. The molecular formula is C14H13ClN2S. The number of imidazole rings is 1. The third-order valence-electron chi connectivity index (χ3n) is 3.20. The number of fused-ring (bicyclic) bond motifs is 1. The molecule has 18 heavy (non-hydrogen) atoms. The average Bonchev–Trinajstić information content (AvgIpc) is 3.04. The molecule has 1 unspecified atom stereocenters. The van der Waals surface area contributed by atoms with Crippen molar-refractivity contribution < 1.29 is 0 Å². The Kier molecular flexibility index (Phi) is 3.10. The molecule has 3 aromatic rings. The number of para-hydroxylation sites is 2. The van der Waals surface area contributed by atoms with Crippen molar-refractivity contribution in [2.45, 2.75) is 18.8 Å². The van der Waals surface area contributed by atoms with Crippen LogP contribution in [0.15, 0.2) is 41.1 Å². The van der Waals surface area contributed by atoms with Crippen molar-refractivity contribution in [2.24, 2.45) is 0 Å². The average molecular weight is 277 g/mol. The van der Waals surface area contributed by atoms with E-state index in [-0.39, 0.29) is 6.04 Å². The van der Waals surface area contributed by atoms with Crippen LogP contribution in [0.2, 0.25) is 0 Å². The summed E-state index contributed by atoms with van der Waals surface area (Å²) in [6, 6.07) is 10.6. The standard InChI is InChI=1S/C14H13ClN2S/c1-10(11-6-7-18-9-11)17-13-5-3-2-4-12(13)16-14(17)8-15/h2-7,9-10H,8H2,1H3. The predicted octanol–water partition coefficient (Wildman–Crippen LogP) is 4.45. The summed E-state index contributed by atoms with van der Waals surface area (Å²) in [6.45, 7) is 2.19. The van der Waals surface area contributed by atoms with Crippen molar-refractivity contribution in [3.8, 4) is 0 Å². The summed E-state index contributed by atoms with van der Waals surface area (Å²) in [5.41, 5.74) is 3.46. The van der Waals surface area contributed by atoms with Gasteiger partial charge in [0.1, 0.15) is 5.82 Å². The third kappa shape index (κ3) is 1.84. The highest BCUT2D eigenvalue weighted by Crippen LogP contribution is 2.27. The van der Waals surface area contributed by atoms with Gasteiger partial charge in [-0.2, -0.15) is 11.3 Å². The van der Waals surface area contributed by atoms with Crippen LogP contribution >= 0.6 is 22.9 Å². The van der Waals surface area contributed by atoms with Gasteiger partial charge < -0.3 is 4.57 Å². The number of halogens is 1. The van der Waals surface area contributed by atoms with Crippen molar-refractivity contribution >= 4 is 34.0 Å². The molecule has 1 aromatic carbocycles.